The fourth-order valence-corrected chi connectivity index (χ4v) is 4.54. The number of aryl methyl sites for hydroxylation is 1. The molecule has 0 bridgehead atoms. The van der Waals surface area contributed by atoms with Gasteiger partial charge in [0.25, 0.3) is 0 Å². The molecule has 1 aromatic carbocycles. The van der Waals surface area contributed by atoms with E-state index in [4.69, 9.17) is 4.74 Å². The molecule has 0 N–H and O–H groups in total. The lowest BCUT2D eigenvalue weighted by Crippen LogP contribution is -2.47. The van der Waals surface area contributed by atoms with Crippen LogP contribution in [-0.4, -0.2) is 41.3 Å². The fourth-order valence-electron chi connectivity index (χ4n) is 4.54. The number of amides is 1. The van der Waals surface area contributed by atoms with E-state index in [9.17, 15) is 14.4 Å². The van der Waals surface area contributed by atoms with Crippen LogP contribution in [0.4, 0.5) is 0 Å². The zero-order valence-corrected chi connectivity index (χ0v) is 16.7. The molecule has 0 aliphatic carbocycles. The topological polar surface area (TPSA) is 63.7 Å². The maximum atomic E-state index is 13.1. The first-order valence-corrected chi connectivity index (χ1v) is 9.85. The molecule has 0 spiro atoms. The van der Waals surface area contributed by atoms with Crippen molar-refractivity contribution < 1.29 is 19.1 Å². The van der Waals surface area contributed by atoms with Gasteiger partial charge in [-0.15, -0.1) is 0 Å². The molecule has 5 heteroatoms. The Morgan fingerprint density at radius 3 is 2.30 bits per heavy atom. The molecule has 27 heavy (non-hydrogen) atoms. The van der Waals surface area contributed by atoms with Gasteiger partial charge >= 0.3 is 5.97 Å². The number of cyclic esters (lactones) is 1. The summed E-state index contributed by atoms with van der Waals surface area (Å²) in [6, 6.07) is 7.41. The monoisotopic (exact) mass is 371 g/mol. The molecule has 2 aliphatic heterocycles. The van der Waals surface area contributed by atoms with Crippen molar-refractivity contribution in [2.75, 3.05) is 13.1 Å². The standard InChI is InChI=1S/C22H29NO4/c1-14-8-10-16(11-9-14)19(24)15(2)18-17(21(26)27-22(18,3)4)20(25)23-12-6-5-7-13-23/h8-11,15,17-18H,5-7,12-13H2,1-4H3/t15-,17+,18-/m0/s1. The van der Waals surface area contributed by atoms with Gasteiger partial charge in [0, 0.05) is 30.5 Å². The smallest absolute Gasteiger partial charge is 0.319 e. The average Bonchev–Trinajstić information content (AvgIpc) is 2.89. The largest absolute Gasteiger partial charge is 0.459 e. The Labute approximate surface area is 161 Å². The lowest BCUT2D eigenvalue weighted by Gasteiger charge is -2.34. The summed E-state index contributed by atoms with van der Waals surface area (Å²) in [6.07, 6.45) is 3.02. The molecule has 5 nitrogen and oxygen atoms in total. The summed E-state index contributed by atoms with van der Waals surface area (Å²) in [5.41, 5.74) is 0.831. The van der Waals surface area contributed by atoms with Gasteiger partial charge in [-0.1, -0.05) is 36.8 Å². The summed E-state index contributed by atoms with van der Waals surface area (Å²) in [5, 5.41) is 0. The number of benzene rings is 1. The van der Waals surface area contributed by atoms with Crippen LogP contribution in [0.2, 0.25) is 0 Å². The summed E-state index contributed by atoms with van der Waals surface area (Å²) in [4.78, 5) is 40.6. The highest BCUT2D eigenvalue weighted by molar-refractivity contribution is 6.03. The summed E-state index contributed by atoms with van der Waals surface area (Å²) < 4.78 is 5.57. The Morgan fingerprint density at radius 1 is 1.11 bits per heavy atom. The first kappa shape index (κ1) is 19.6. The maximum Gasteiger partial charge on any atom is 0.319 e. The van der Waals surface area contributed by atoms with Gasteiger partial charge in [0.05, 0.1) is 0 Å². The molecule has 0 aromatic heterocycles. The van der Waals surface area contributed by atoms with Gasteiger partial charge in [0.15, 0.2) is 5.78 Å². The Morgan fingerprint density at radius 2 is 1.70 bits per heavy atom. The number of rotatable bonds is 4. The van der Waals surface area contributed by atoms with Gasteiger partial charge in [-0.25, -0.2) is 0 Å². The fraction of sp³-hybridized carbons (Fsp3) is 0.591. The third kappa shape index (κ3) is 3.78. The van der Waals surface area contributed by atoms with Crippen LogP contribution in [0.5, 0.6) is 0 Å². The molecule has 3 atom stereocenters. The highest BCUT2D eigenvalue weighted by atomic mass is 16.6. The van der Waals surface area contributed by atoms with Crippen LogP contribution in [0.25, 0.3) is 0 Å². The second-order valence-corrected chi connectivity index (χ2v) is 8.43. The number of hydrogen-bond acceptors (Lipinski definition) is 4. The van der Waals surface area contributed by atoms with Crippen molar-refractivity contribution in [1.82, 2.24) is 4.90 Å². The quantitative estimate of drug-likeness (QED) is 0.462. The number of nitrogens with zero attached hydrogens (tertiary/aromatic N) is 1. The number of carbonyl (C=O) groups excluding carboxylic acids is 3. The van der Waals surface area contributed by atoms with Crippen molar-refractivity contribution in [3.63, 3.8) is 0 Å². The number of carbonyl (C=O) groups is 3. The summed E-state index contributed by atoms with van der Waals surface area (Å²) in [6.45, 7) is 8.74. The van der Waals surface area contributed by atoms with Crippen LogP contribution >= 0.6 is 0 Å². The molecule has 2 fully saturated rings. The molecular weight excluding hydrogens is 342 g/mol. The number of esters is 1. The van der Waals surface area contributed by atoms with Crippen LogP contribution in [0, 0.1) is 24.7 Å². The molecule has 2 heterocycles. The Balaban J connectivity index is 1.88. The number of Topliss-reactive ketones (excluding diaryl/α,β-unsaturated/α-hetero) is 1. The van der Waals surface area contributed by atoms with Crippen molar-refractivity contribution >= 4 is 17.7 Å². The molecule has 1 aromatic rings. The second kappa shape index (κ2) is 7.45. The van der Waals surface area contributed by atoms with Crippen molar-refractivity contribution in [1.29, 1.82) is 0 Å². The molecular formula is C22H29NO4. The van der Waals surface area contributed by atoms with Crippen LogP contribution in [0.1, 0.15) is 56.0 Å². The first-order valence-electron chi connectivity index (χ1n) is 9.85. The van der Waals surface area contributed by atoms with Gasteiger partial charge in [-0.05, 0) is 40.0 Å². The Bertz CT molecular complexity index is 731. The maximum absolute atomic E-state index is 13.1. The zero-order chi connectivity index (χ0) is 19.8. The molecule has 3 rings (SSSR count). The third-order valence-electron chi connectivity index (χ3n) is 6.00. The summed E-state index contributed by atoms with van der Waals surface area (Å²) >= 11 is 0. The normalized spacial score (nSPS) is 25.8. The van der Waals surface area contributed by atoms with Gasteiger partial charge in [-0.2, -0.15) is 0 Å². The minimum atomic E-state index is -0.900. The van der Waals surface area contributed by atoms with Gasteiger partial charge in [0.1, 0.15) is 11.5 Å². The molecule has 0 unspecified atom stereocenters. The minimum Gasteiger partial charge on any atom is -0.459 e. The molecule has 1 amide bonds. The lowest BCUT2D eigenvalue weighted by atomic mass is 9.72. The molecule has 146 valence electrons. The van der Waals surface area contributed by atoms with E-state index in [1.54, 1.807) is 30.9 Å². The molecule has 0 radical (unpaired) electrons. The van der Waals surface area contributed by atoms with Crippen molar-refractivity contribution in [3.05, 3.63) is 35.4 Å². The predicted molar refractivity (Wildman–Crippen MR) is 102 cm³/mol. The third-order valence-corrected chi connectivity index (χ3v) is 6.00. The van der Waals surface area contributed by atoms with E-state index in [-0.39, 0.29) is 11.7 Å². The van der Waals surface area contributed by atoms with Gasteiger partial charge in [-0.3, -0.25) is 14.4 Å². The average molecular weight is 371 g/mol. The van der Waals surface area contributed by atoms with Crippen molar-refractivity contribution in [3.8, 4) is 0 Å². The highest BCUT2D eigenvalue weighted by Gasteiger charge is 2.57. The molecule has 0 saturated carbocycles. The van der Waals surface area contributed by atoms with E-state index >= 15 is 0 Å². The number of piperidine rings is 1. The highest BCUT2D eigenvalue weighted by Crippen LogP contribution is 2.44. The van der Waals surface area contributed by atoms with E-state index in [0.29, 0.717) is 18.7 Å². The van der Waals surface area contributed by atoms with Crippen LogP contribution in [0.15, 0.2) is 24.3 Å². The second-order valence-electron chi connectivity index (χ2n) is 8.43. The number of ketones is 1. The van der Waals surface area contributed by atoms with E-state index in [2.05, 4.69) is 0 Å². The van der Waals surface area contributed by atoms with Crippen LogP contribution in [0.3, 0.4) is 0 Å². The van der Waals surface area contributed by atoms with Crippen LogP contribution < -0.4 is 0 Å². The SMILES string of the molecule is Cc1ccc(C(=O)[C@@H](C)[C@H]2[C@H](C(=O)N3CCCCC3)C(=O)OC2(C)C)cc1. The van der Waals surface area contributed by atoms with Gasteiger partial charge < -0.3 is 9.64 Å². The number of ether oxygens (including phenoxy) is 1. The van der Waals surface area contributed by atoms with E-state index in [0.717, 1.165) is 24.8 Å². The predicted octanol–water partition coefficient (Wildman–Crippen LogP) is 3.39. The number of likely N-dealkylation sites (tertiary alicyclic amines) is 1. The van der Waals surface area contributed by atoms with E-state index in [1.807, 2.05) is 26.0 Å². The van der Waals surface area contributed by atoms with Crippen molar-refractivity contribution in [2.45, 2.75) is 52.6 Å². The number of hydrogen-bond donors (Lipinski definition) is 0. The Kier molecular flexibility index (Phi) is 5.41. The summed E-state index contributed by atoms with van der Waals surface area (Å²) in [7, 11) is 0. The van der Waals surface area contributed by atoms with Gasteiger partial charge in [0.2, 0.25) is 5.91 Å². The first-order chi connectivity index (χ1) is 12.7. The lowest BCUT2D eigenvalue weighted by molar-refractivity contribution is -0.153. The van der Waals surface area contributed by atoms with Crippen LogP contribution in [-0.2, 0) is 14.3 Å². The van der Waals surface area contributed by atoms with Crippen molar-refractivity contribution in [2.24, 2.45) is 17.8 Å². The Hall–Kier alpha value is -2.17. The summed E-state index contributed by atoms with van der Waals surface area (Å²) in [5.74, 6) is -2.60. The molecule has 2 aliphatic rings. The minimum absolute atomic E-state index is 0.0529. The molecule has 2 saturated heterocycles. The van der Waals surface area contributed by atoms with E-state index < -0.39 is 29.3 Å². The van der Waals surface area contributed by atoms with E-state index in [1.165, 1.54) is 0 Å². The zero-order valence-electron chi connectivity index (χ0n) is 16.7.